The Morgan fingerprint density at radius 2 is 1.92 bits per heavy atom. The average Bonchev–Trinajstić information content (AvgIpc) is 2.04. The molecule has 1 N–H and O–H groups in total. The molecule has 1 fully saturated rings. The van der Waals surface area contributed by atoms with Gasteiger partial charge in [0.25, 0.3) is 0 Å². The van der Waals surface area contributed by atoms with Gasteiger partial charge >= 0.3 is 5.97 Å². The fraction of sp³-hybridized carbons (Fsp3) is 0.889. The van der Waals surface area contributed by atoms with Crippen LogP contribution in [0.25, 0.3) is 0 Å². The molecule has 1 saturated carbocycles. The minimum atomic E-state index is -2.29. The molecular weight excluding hydrogens is 178 g/mol. The van der Waals surface area contributed by atoms with Crippen LogP contribution >= 0.6 is 0 Å². The molecule has 2 nitrogen and oxygen atoms in total. The first kappa shape index (κ1) is 10.4. The second kappa shape index (κ2) is 3.60. The minimum Gasteiger partial charge on any atom is -0.481 e. The number of halogens is 2. The van der Waals surface area contributed by atoms with Crippen LogP contribution in [0, 0.1) is 11.3 Å². The molecule has 4 heteroatoms. The van der Waals surface area contributed by atoms with E-state index in [1.54, 1.807) is 6.92 Å². The van der Waals surface area contributed by atoms with Crippen LogP contribution in [0.4, 0.5) is 8.78 Å². The van der Waals surface area contributed by atoms with Gasteiger partial charge in [-0.1, -0.05) is 0 Å². The predicted octanol–water partition coefficient (Wildman–Crippen LogP) is 2.53. The smallest absolute Gasteiger partial charge is 0.309 e. The zero-order chi connectivity index (χ0) is 10.1. The van der Waals surface area contributed by atoms with E-state index >= 15 is 0 Å². The van der Waals surface area contributed by atoms with Crippen LogP contribution in [-0.4, -0.2) is 17.5 Å². The summed E-state index contributed by atoms with van der Waals surface area (Å²) in [5, 5.41) is 8.83. The van der Waals surface area contributed by atoms with Gasteiger partial charge in [-0.05, 0) is 32.6 Å². The van der Waals surface area contributed by atoms with Gasteiger partial charge in [0.15, 0.2) is 0 Å². The number of carbonyl (C=O) groups is 1. The SMILES string of the molecule is CC1(C(=O)O)CCC(C(F)F)CC1. The molecule has 0 unspecified atom stereocenters. The Labute approximate surface area is 75.9 Å². The monoisotopic (exact) mass is 192 g/mol. The van der Waals surface area contributed by atoms with Crippen LogP contribution < -0.4 is 0 Å². The number of hydrogen-bond donors (Lipinski definition) is 1. The lowest BCUT2D eigenvalue weighted by molar-refractivity contribution is -0.151. The van der Waals surface area contributed by atoms with Crippen LogP contribution in [0.2, 0.25) is 0 Å². The summed E-state index contributed by atoms with van der Waals surface area (Å²) in [6.45, 7) is 1.64. The molecule has 76 valence electrons. The van der Waals surface area contributed by atoms with Gasteiger partial charge in [-0.15, -0.1) is 0 Å². The highest BCUT2D eigenvalue weighted by Crippen LogP contribution is 2.40. The Balaban J connectivity index is 2.51. The number of carboxylic acid groups (broad SMARTS) is 1. The molecule has 0 saturated heterocycles. The number of rotatable bonds is 2. The van der Waals surface area contributed by atoms with Crippen LogP contribution in [0.5, 0.6) is 0 Å². The van der Waals surface area contributed by atoms with Gasteiger partial charge in [-0.3, -0.25) is 4.79 Å². The summed E-state index contributed by atoms with van der Waals surface area (Å²) < 4.78 is 24.5. The summed E-state index contributed by atoms with van der Waals surface area (Å²) in [7, 11) is 0. The fourth-order valence-electron chi connectivity index (χ4n) is 1.74. The highest BCUT2D eigenvalue weighted by Gasteiger charge is 2.39. The summed E-state index contributed by atoms with van der Waals surface area (Å²) in [6.07, 6.45) is -0.881. The summed E-state index contributed by atoms with van der Waals surface area (Å²) in [5.41, 5.74) is -0.772. The lowest BCUT2D eigenvalue weighted by atomic mass is 9.72. The standard InChI is InChI=1S/C9H14F2O2/c1-9(8(12)13)4-2-6(3-5-9)7(10)11/h6-7H,2-5H2,1H3,(H,12,13). The van der Waals surface area contributed by atoms with Crippen molar-refractivity contribution in [2.45, 2.75) is 39.0 Å². The molecule has 0 aromatic carbocycles. The van der Waals surface area contributed by atoms with Crippen LogP contribution in [0.1, 0.15) is 32.6 Å². The van der Waals surface area contributed by atoms with Gasteiger partial charge in [0.1, 0.15) is 0 Å². The summed E-state index contributed by atoms with van der Waals surface area (Å²) in [5.74, 6) is -1.45. The molecular formula is C9H14F2O2. The molecule has 1 aliphatic carbocycles. The summed E-state index contributed by atoms with van der Waals surface area (Å²) in [6, 6.07) is 0. The third kappa shape index (κ3) is 2.17. The number of carboxylic acids is 1. The molecule has 0 aromatic heterocycles. The third-order valence-corrected chi connectivity index (χ3v) is 3.01. The highest BCUT2D eigenvalue weighted by molar-refractivity contribution is 5.74. The van der Waals surface area contributed by atoms with Crippen molar-refractivity contribution in [2.75, 3.05) is 0 Å². The van der Waals surface area contributed by atoms with E-state index in [9.17, 15) is 13.6 Å². The largest absolute Gasteiger partial charge is 0.481 e. The van der Waals surface area contributed by atoms with Gasteiger partial charge in [0, 0.05) is 5.92 Å². The van der Waals surface area contributed by atoms with Gasteiger partial charge in [-0.25, -0.2) is 8.78 Å². The Bertz CT molecular complexity index is 196. The van der Waals surface area contributed by atoms with E-state index in [0.29, 0.717) is 25.7 Å². The topological polar surface area (TPSA) is 37.3 Å². The van der Waals surface area contributed by atoms with Gasteiger partial charge in [-0.2, -0.15) is 0 Å². The molecule has 0 aliphatic heterocycles. The first-order valence-electron chi connectivity index (χ1n) is 4.47. The quantitative estimate of drug-likeness (QED) is 0.729. The van der Waals surface area contributed by atoms with Crippen molar-refractivity contribution in [3.05, 3.63) is 0 Å². The Morgan fingerprint density at radius 1 is 1.46 bits per heavy atom. The summed E-state index contributed by atoms with van der Waals surface area (Å²) >= 11 is 0. The van der Waals surface area contributed by atoms with Crippen LogP contribution in [-0.2, 0) is 4.79 Å². The maximum atomic E-state index is 12.2. The highest BCUT2D eigenvalue weighted by atomic mass is 19.3. The van der Waals surface area contributed by atoms with Crippen LogP contribution in [0.3, 0.4) is 0 Å². The Kier molecular flexibility index (Phi) is 2.88. The van der Waals surface area contributed by atoms with Gasteiger partial charge in [0.2, 0.25) is 6.43 Å². The van der Waals surface area contributed by atoms with Crippen molar-refractivity contribution in [1.82, 2.24) is 0 Å². The van der Waals surface area contributed by atoms with Crippen molar-refractivity contribution >= 4 is 5.97 Å². The Hall–Kier alpha value is -0.670. The van der Waals surface area contributed by atoms with E-state index in [2.05, 4.69) is 0 Å². The molecule has 0 atom stereocenters. The van der Waals surface area contributed by atoms with Crippen molar-refractivity contribution in [1.29, 1.82) is 0 Å². The van der Waals surface area contributed by atoms with Crippen molar-refractivity contribution in [2.24, 2.45) is 11.3 Å². The zero-order valence-corrected chi connectivity index (χ0v) is 7.59. The second-order valence-electron chi connectivity index (χ2n) is 4.04. The maximum Gasteiger partial charge on any atom is 0.309 e. The molecule has 0 heterocycles. The zero-order valence-electron chi connectivity index (χ0n) is 7.59. The number of hydrogen-bond acceptors (Lipinski definition) is 1. The molecule has 0 amide bonds. The van der Waals surface area contributed by atoms with E-state index in [-0.39, 0.29) is 0 Å². The Morgan fingerprint density at radius 3 is 2.23 bits per heavy atom. The van der Waals surface area contributed by atoms with E-state index in [1.807, 2.05) is 0 Å². The predicted molar refractivity (Wildman–Crippen MR) is 43.7 cm³/mol. The molecule has 0 radical (unpaired) electrons. The van der Waals surface area contributed by atoms with Crippen molar-refractivity contribution < 1.29 is 18.7 Å². The lowest BCUT2D eigenvalue weighted by Crippen LogP contribution is -2.34. The van der Waals surface area contributed by atoms with E-state index in [4.69, 9.17) is 5.11 Å². The summed E-state index contributed by atoms with van der Waals surface area (Å²) in [4.78, 5) is 10.8. The first-order chi connectivity index (χ1) is 5.96. The fourth-order valence-corrected chi connectivity index (χ4v) is 1.74. The van der Waals surface area contributed by atoms with Crippen molar-refractivity contribution in [3.63, 3.8) is 0 Å². The normalized spacial score (nSPS) is 34.9. The van der Waals surface area contributed by atoms with Crippen molar-refractivity contribution in [3.8, 4) is 0 Å². The van der Waals surface area contributed by atoms with E-state index in [0.717, 1.165) is 0 Å². The number of aliphatic carboxylic acids is 1. The third-order valence-electron chi connectivity index (χ3n) is 3.01. The van der Waals surface area contributed by atoms with Gasteiger partial charge < -0.3 is 5.11 Å². The number of alkyl halides is 2. The lowest BCUT2D eigenvalue weighted by Gasteiger charge is -2.33. The van der Waals surface area contributed by atoms with Crippen LogP contribution in [0.15, 0.2) is 0 Å². The second-order valence-corrected chi connectivity index (χ2v) is 4.04. The maximum absolute atomic E-state index is 12.2. The minimum absolute atomic E-state index is 0.334. The molecule has 0 aromatic rings. The van der Waals surface area contributed by atoms with Gasteiger partial charge in [0.05, 0.1) is 5.41 Å². The van der Waals surface area contributed by atoms with E-state index < -0.39 is 23.7 Å². The van der Waals surface area contributed by atoms with E-state index in [1.165, 1.54) is 0 Å². The molecule has 1 rings (SSSR count). The first-order valence-corrected chi connectivity index (χ1v) is 4.47. The molecule has 13 heavy (non-hydrogen) atoms. The molecule has 0 bridgehead atoms. The average molecular weight is 192 g/mol. The molecule has 1 aliphatic rings. The molecule has 0 spiro atoms.